The van der Waals surface area contributed by atoms with Gasteiger partial charge < -0.3 is 5.32 Å². The van der Waals surface area contributed by atoms with Crippen LogP contribution in [0, 0.1) is 26.6 Å². The van der Waals surface area contributed by atoms with E-state index in [1.165, 1.54) is 17.7 Å². The van der Waals surface area contributed by atoms with Gasteiger partial charge in [-0.25, -0.2) is 12.8 Å². The summed E-state index contributed by atoms with van der Waals surface area (Å²) >= 11 is 0. The van der Waals surface area contributed by atoms with Gasteiger partial charge in [0.05, 0.1) is 17.5 Å². The average molecular weight is 469 g/mol. The van der Waals surface area contributed by atoms with E-state index in [0.29, 0.717) is 0 Å². The summed E-state index contributed by atoms with van der Waals surface area (Å²) in [4.78, 5) is 12.9. The summed E-state index contributed by atoms with van der Waals surface area (Å²) in [6.45, 7) is 7.59. The first-order valence-corrected chi connectivity index (χ1v) is 12.2. The van der Waals surface area contributed by atoms with Gasteiger partial charge >= 0.3 is 0 Å². The first-order chi connectivity index (χ1) is 15.6. The van der Waals surface area contributed by atoms with Crippen LogP contribution in [0.15, 0.2) is 71.6 Å². The fourth-order valence-electron chi connectivity index (χ4n) is 3.74. The maximum Gasteiger partial charge on any atom is 0.243 e. The van der Waals surface area contributed by atoms with Gasteiger partial charge in [0, 0.05) is 6.54 Å². The molecule has 33 heavy (non-hydrogen) atoms. The van der Waals surface area contributed by atoms with E-state index in [1.807, 2.05) is 52.0 Å². The molecule has 5 nitrogen and oxygen atoms in total. The van der Waals surface area contributed by atoms with E-state index < -0.39 is 21.7 Å². The average Bonchev–Trinajstić information content (AvgIpc) is 2.76. The highest BCUT2D eigenvalue weighted by Gasteiger charge is 2.27. The second kappa shape index (κ2) is 10.3. The molecule has 0 radical (unpaired) electrons. The predicted molar refractivity (Wildman–Crippen MR) is 128 cm³/mol. The molecule has 0 spiro atoms. The van der Waals surface area contributed by atoms with Gasteiger partial charge in [-0.3, -0.25) is 4.79 Å². The molecule has 0 bridgehead atoms. The van der Waals surface area contributed by atoms with Gasteiger partial charge in [-0.1, -0.05) is 42.5 Å². The lowest BCUT2D eigenvalue weighted by molar-refractivity contribution is -0.122. The lowest BCUT2D eigenvalue weighted by atomic mass is 9.96. The van der Waals surface area contributed by atoms with Crippen molar-refractivity contribution >= 4 is 15.9 Å². The molecule has 0 aliphatic carbocycles. The third-order valence-corrected chi connectivity index (χ3v) is 7.51. The largest absolute Gasteiger partial charge is 0.348 e. The minimum atomic E-state index is -4.03. The fraction of sp³-hybridized carbons (Fsp3) is 0.269. The van der Waals surface area contributed by atoms with Gasteiger partial charge in [0.15, 0.2) is 0 Å². The third-order valence-electron chi connectivity index (χ3n) is 5.70. The first kappa shape index (κ1) is 24.6. The van der Waals surface area contributed by atoms with Crippen LogP contribution in [0.3, 0.4) is 0 Å². The van der Waals surface area contributed by atoms with Crippen LogP contribution in [0.4, 0.5) is 4.39 Å². The van der Waals surface area contributed by atoms with Crippen molar-refractivity contribution in [2.75, 3.05) is 6.54 Å². The van der Waals surface area contributed by atoms with Crippen molar-refractivity contribution in [3.05, 3.63) is 100 Å². The van der Waals surface area contributed by atoms with Gasteiger partial charge in [0.25, 0.3) is 0 Å². The van der Waals surface area contributed by atoms with Crippen molar-refractivity contribution in [2.24, 2.45) is 0 Å². The van der Waals surface area contributed by atoms with Crippen molar-refractivity contribution in [3.63, 3.8) is 0 Å². The molecule has 1 N–H and O–H groups in total. The Bertz CT molecular complexity index is 1230. The number of rotatable bonds is 8. The van der Waals surface area contributed by atoms with E-state index in [4.69, 9.17) is 0 Å². The molecule has 0 heterocycles. The number of benzene rings is 3. The lowest BCUT2D eigenvalue weighted by Crippen LogP contribution is -2.41. The molecular formula is C26H29FN2O3S. The van der Waals surface area contributed by atoms with Gasteiger partial charge in [-0.05, 0) is 79.8 Å². The molecule has 1 amide bonds. The summed E-state index contributed by atoms with van der Waals surface area (Å²) in [5.41, 5.74) is 5.10. The fourth-order valence-corrected chi connectivity index (χ4v) is 5.13. The normalized spacial score (nSPS) is 12.5. The molecule has 0 aliphatic heterocycles. The van der Waals surface area contributed by atoms with Crippen LogP contribution < -0.4 is 5.32 Å². The van der Waals surface area contributed by atoms with Crippen LogP contribution in [0.25, 0.3) is 0 Å². The zero-order chi connectivity index (χ0) is 24.2. The molecule has 0 unspecified atom stereocenters. The van der Waals surface area contributed by atoms with Crippen molar-refractivity contribution in [1.29, 1.82) is 0 Å². The Morgan fingerprint density at radius 2 is 1.55 bits per heavy atom. The summed E-state index contributed by atoms with van der Waals surface area (Å²) in [5.74, 6) is -0.944. The van der Waals surface area contributed by atoms with Crippen LogP contribution in [0.2, 0.25) is 0 Å². The van der Waals surface area contributed by atoms with Crippen LogP contribution >= 0.6 is 0 Å². The van der Waals surface area contributed by atoms with E-state index in [0.717, 1.165) is 38.7 Å². The number of hydrogen-bond donors (Lipinski definition) is 1. The Hall–Kier alpha value is -3.03. The third kappa shape index (κ3) is 6.06. The highest BCUT2D eigenvalue weighted by atomic mass is 32.2. The highest BCUT2D eigenvalue weighted by molar-refractivity contribution is 7.89. The van der Waals surface area contributed by atoms with E-state index in [2.05, 4.69) is 11.4 Å². The Kier molecular flexibility index (Phi) is 7.66. The molecule has 7 heteroatoms. The number of nitrogens with one attached hydrogen (secondary N) is 1. The summed E-state index contributed by atoms with van der Waals surface area (Å²) in [5, 5.41) is 2.93. The Morgan fingerprint density at radius 1 is 0.939 bits per heavy atom. The summed E-state index contributed by atoms with van der Waals surface area (Å²) < 4.78 is 41.1. The minimum Gasteiger partial charge on any atom is -0.348 e. The van der Waals surface area contributed by atoms with Crippen LogP contribution in [-0.4, -0.2) is 25.2 Å². The molecule has 1 atom stereocenters. The molecule has 0 saturated heterocycles. The molecule has 0 aromatic heterocycles. The predicted octanol–water partition coefficient (Wildman–Crippen LogP) is 4.82. The molecule has 3 aromatic rings. The Morgan fingerprint density at radius 3 is 2.18 bits per heavy atom. The Labute approximate surface area is 195 Å². The number of carbonyl (C=O) groups is 1. The molecule has 3 aromatic carbocycles. The SMILES string of the molecule is Cc1cc(C)c([C@@H](C)NC(=O)CN(Cc2ccccc2)S(=O)(=O)c2ccc(F)cc2)cc1C. The topological polar surface area (TPSA) is 66.5 Å². The Balaban J connectivity index is 1.84. The quantitative estimate of drug-likeness (QED) is 0.516. The number of carbonyl (C=O) groups excluding carboxylic acids is 1. The monoisotopic (exact) mass is 468 g/mol. The lowest BCUT2D eigenvalue weighted by Gasteiger charge is -2.24. The maximum absolute atomic E-state index is 13.4. The van der Waals surface area contributed by atoms with E-state index in [-0.39, 0.29) is 24.0 Å². The number of hydrogen-bond acceptors (Lipinski definition) is 3. The number of aryl methyl sites for hydroxylation is 3. The van der Waals surface area contributed by atoms with Gasteiger partial charge in [0.1, 0.15) is 5.82 Å². The van der Waals surface area contributed by atoms with E-state index >= 15 is 0 Å². The molecule has 0 fully saturated rings. The summed E-state index contributed by atoms with van der Waals surface area (Å²) in [7, 11) is -4.03. The standard InChI is InChI=1S/C26H29FN2O3S/c1-18-14-20(3)25(15-19(18)2)21(4)28-26(30)17-29(16-22-8-6-5-7-9-22)33(31,32)24-12-10-23(27)11-13-24/h5-15,21H,16-17H2,1-4H3,(H,28,30)/t21-/m1/s1. The smallest absolute Gasteiger partial charge is 0.243 e. The van der Waals surface area contributed by atoms with Gasteiger partial charge in [-0.15, -0.1) is 0 Å². The second-order valence-corrected chi connectivity index (χ2v) is 10.2. The van der Waals surface area contributed by atoms with Gasteiger partial charge in [-0.2, -0.15) is 4.31 Å². The minimum absolute atomic E-state index is 0.0189. The van der Waals surface area contributed by atoms with E-state index in [9.17, 15) is 17.6 Å². The number of amides is 1. The zero-order valence-corrected chi connectivity index (χ0v) is 20.1. The molecule has 0 aliphatic rings. The number of halogens is 1. The molecule has 3 rings (SSSR count). The summed E-state index contributed by atoms with van der Waals surface area (Å²) in [6.07, 6.45) is 0. The zero-order valence-electron chi connectivity index (χ0n) is 19.3. The molecule has 174 valence electrons. The number of nitrogens with zero attached hydrogens (tertiary/aromatic N) is 1. The molecule has 0 saturated carbocycles. The van der Waals surface area contributed by atoms with Crippen molar-refractivity contribution < 1.29 is 17.6 Å². The molecular weight excluding hydrogens is 439 g/mol. The number of sulfonamides is 1. The van der Waals surface area contributed by atoms with Crippen LogP contribution in [-0.2, 0) is 21.4 Å². The summed E-state index contributed by atoms with van der Waals surface area (Å²) in [6, 6.07) is 17.5. The van der Waals surface area contributed by atoms with E-state index in [1.54, 1.807) is 12.1 Å². The second-order valence-electron chi connectivity index (χ2n) is 8.29. The van der Waals surface area contributed by atoms with Crippen molar-refractivity contribution in [2.45, 2.75) is 45.2 Å². The highest BCUT2D eigenvalue weighted by Crippen LogP contribution is 2.23. The van der Waals surface area contributed by atoms with Gasteiger partial charge in [0.2, 0.25) is 15.9 Å². The van der Waals surface area contributed by atoms with Crippen LogP contribution in [0.5, 0.6) is 0 Å². The van der Waals surface area contributed by atoms with Crippen molar-refractivity contribution in [1.82, 2.24) is 9.62 Å². The first-order valence-electron chi connectivity index (χ1n) is 10.7. The maximum atomic E-state index is 13.4. The van der Waals surface area contributed by atoms with Crippen molar-refractivity contribution in [3.8, 4) is 0 Å². The van der Waals surface area contributed by atoms with Crippen LogP contribution in [0.1, 0.15) is 40.8 Å².